The van der Waals surface area contributed by atoms with Crippen molar-refractivity contribution in [3.63, 3.8) is 0 Å². The summed E-state index contributed by atoms with van der Waals surface area (Å²) >= 11 is 0. The lowest BCUT2D eigenvalue weighted by molar-refractivity contribution is -0.137. The zero-order valence-electron chi connectivity index (χ0n) is 23.5. The van der Waals surface area contributed by atoms with Crippen molar-refractivity contribution in [2.24, 2.45) is 5.92 Å². The molecule has 0 spiro atoms. The highest BCUT2D eigenvalue weighted by atomic mass is 19.4. The molecule has 224 valence electrons. The average molecular weight is 585 g/mol. The zero-order chi connectivity index (χ0) is 31.0. The summed E-state index contributed by atoms with van der Waals surface area (Å²) in [6, 6.07) is 11.7. The largest absolute Gasteiger partial charge is 0.416 e. The summed E-state index contributed by atoms with van der Waals surface area (Å²) in [5, 5.41) is 7.86. The molecule has 1 aliphatic heterocycles. The fourth-order valence-electron chi connectivity index (χ4n) is 5.04. The van der Waals surface area contributed by atoms with E-state index in [-0.39, 0.29) is 31.5 Å². The first-order valence-corrected chi connectivity index (χ1v) is 13.4. The number of nitrogens with one attached hydrogen (secondary N) is 3. The van der Waals surface area contributed by atoms with Crippen molar-refractivity contribution in [2.45, 2.75) is 43.9 Å². The van der Waals surface area contributed by atoms with Gasteiger partial charge in [-0.2, -0.15) is 13.2 Å². The molecule has 1 aliphatic rings. The summed E-state index contributed by atoms with van der Waals surface area (Å²) in [4.78, 5) is 53.4. The van der Waals surface area contributed by atoms with Crippen LogP contribution in [0.3, 0.4) is 0 Å². The standard InChI is InChI=1S/C31H35F3N4O4/c1-5-27(39)36-26(14-19(2)3)30(42)38-17-23(21-12-9-13-22(16-21)31(32,33)34)24(18-38)28(40)37-25(29(41)35-4)15-20-10-7-6-8-11-20/h5-13,16,23-26H,1-2,14-15,17-18H2,3-4H3,(H,35,41)(H,36,39)(H,37,40)/t23-,24+,25+,26+/m0/s1. The maximum atomic E-state index is 13.7. The highest BCUT2D eigenvalue weighted by Crippen LogP contribution is 2.37. The molecule has 3 rings (SSSR count). The summed E-state index contributed by atoms with van der Waals surface area (Å²) in [6.07, 6.45) is -3.28. The van der Waals surface area contributed by atoms with E-state index in [1.165, 1.54) is 24.1 Å². The predicted octanol–water partition coefficient (Wildman–Crippen LogP) is 3.36. The molecular weight excluding hydrogens is 549 g/mol. The molecule has 8 nitrogen and oxygen atoms in total. The Morgan fingerprint density at radius 2 is 1.71 bits per heavy atom. The lowest BCUT2D eigenvalue weighted by atomic mass is 9.87. The molecular formula is C31H35F3N4O4. The Morgan fingerprint density at radius 3 is 2.31 bits per heavy atom. The van der Waals surface area contributed by atoms with Gasteiger partial charge in [0.1, 0.15) is 12.1 Å². The Labute approximate surface area is 243 Å². The van der Waals surface area contributed by atoms with Gasteiger partial charge in [0.05, 0.1) is 11.5 Å². The maximum absolute atomic E-state index is 13.7. The van der Waals surface area contributed by atoms with E-state index in [2.05, 4.69) is 29.1 Å². The molecule has 1 saturated heterocycles. The molecule has 2 aromatic carbocycles. The highest BCUT2D eigenvalue weighted by Gasteiger charge is 2.43. The Morgan fingerprint density at radius 1 is 1.02 bits per heavy atom. The van der Waals surface area contributed by atoms with E-state index in [0.717, 1.165) is 23.8 Å². The first-order valence-electron chi connectivity index (χ1n) is 13.4. The van der Waals surface area contributed by atoms with Gasteiger partial charge in [0.15, 0.2) is 0 Å². The Kier molecular flexibility index (Phi) is 10.7. The second-order valence-electron chi connectivity index (χ2n) is 10.4. The molecule has 0 unspecified atom stereocenters. The maximum Gasteiger partial charge on any atom is 0.416 e. The van der Waals surface area contributed by atoms with Crippen LogP contribution >= 0.6 is 0 Å². The molecule has 1 heterocycles. The van der Waals surface area contributed by atoms with E-state index in [9.17, 15) is 32.3 Å². The third-order valence-electron chi connectivity index (χ3n) is 7.13. The number of carbonyl (C=O) groups excluding carboxylic acids is 4. The number of benzene rings is 2. The van der Waals surface area contributed by atoms with E-state index >= 15 is 0 Å². The fourth-order valence-corrected chi connectivity index (χ4v) is 5.04. The molecule has 0 radical (unpaired) electrons. The molecule has 0 bridgehead atoms. The van der Waals surface area contributed by atoms with Crippen molar-refractivity contribution < 1.29 is 32.3 Å². The molecule has 0 aromatic heterocycles. The van der Waals surface area contributed by atoms with Crippen LogP contribution in [-0.4, -0.2) is 60.7 Å². The molecule has 3 N–H and O–H groups in total. The lowest BCUT2D eigenvalue weighted by Crippen LogP contribution is -2.50. The minimum absolute atomic E-state index is 0.0712. The number of likely N-dealkylation sites (tertiary alicyclic amines) is 1. The number of halogens is 3. The van der Waals surface area contributed by atoms with Crippen LogP contribution in [0.1, 0.15) is 36.0 Å². The van der Waals surface area contributed by atoms with Crippen LogP contribution in [0.25, 0.3) is 0 Å². The Bertz CT molecular complexity index is 1330. The number of hydrogen-bond donors (Lipinski definition) is 3. The summed E-state index contributed by atoms with van der Waals surface area (Å²) in [5.41, 5.74) is 0.765. The fraction of sp³-hybridized carbons (Fsp3) is 0.355. The van der Waals surface area contributed by atoms with Gasteiger partial charge in [-0.15, -0.1) is 6.58 Å². The second-order valence-corrected chi connectivity index (χ2v) is 10.4. The SMILES string of the molecule is C=CC(=O)N[C@H](CC(=C)C)C(=O)N1C[C@@H](C(=O)N[C@H](Cc2ccccc2)C(=O)NC)[C@H](c2cccc(C(F)(F)F)c2)C1. The van der Waals surface area contributed by atoms with E-state index in [1.54, 1.807) is 19.1 Å². The topological polar surface area (TPSA) is 108 Å². The lowest BCUT2D eigenvalue weighted by Gasteiger charge is -2.24. The van der Waals surface area contributed by atoms with Gasteiger partial charge in [0.25, 0.3) is 0 Å². The van der Waals surface area contributed by atoms with Gasteiger partial charge >= 0.3 is 6.18 Å². The van der Waals surface area contributed by atoms with Crippen LogP contribution < -0.4 is 16.0 Å². The van der Waals surface area contributed by atoms with Gasteiger partial charge in [0, 0.05) is 32.5 Å². The third kappa shape index (κ3) is 8.31. The van der Waals surface area contributed by atoms with Gasteiger partial charge in [-0.1, -0.05) is 60.7 Å². The van der Waals surface area contributed by atoms with Crippen LogP contribution in [0.2, 0.25) is 0 Å². The quantitative estimate of drug-likeness (QED) is 0.278. The number of carbonyl (C=O) groups is 4. The summed E-state index contributed by atoms with van der Waals surface area (Å²) in [5.74, 6) is -3.88. The van der Waals surface area contributed by atoms with Crippen LogP contribution in [0.5, 0.6) is 0 Å². The van der Waals surface area contributed by atoms with Crippen LogP contribution in [0.4, 0.5) is 13.2 Å². The van der Waals surface area contributed by atoms with Crippen molar-refractivity contribution in [2.75, 3.05) is 20.1 Å². The molecule has 0 aliphatic carbocycles. The number of amides is 4. The van der Waals surface area contributed by atoms with Gasteiger partial charge in [0.2, 0.25) is 23.6 Å². The highest BCUT2D eigenvalue weighted by molar-refractivity contribution is 5.94. The average Bonchev–Trinajstić information content (AvgIpc) is 3.41. The number of nitrogens with zero attached hydrogens (tertiary/aromatic N) is 1. The van der Waals surface area contributed by atoms with Gasteiger partial charge in [-0.25, -0.2) is 0 Å². The number of rotatable bonds is 11. The van der Waals surface area contributed by atoms with Crippen molar-refractivity contribution in [3.8, 4) is 0 Å². The number of alkyl halides is 3. The monoisotopic (exact) mass is 584 g/mol. The summed E-state index contributed by atoms with van der Waals surface area (Å²) in [7, 11) is 1.44. The molecule has 4 atom stereocenters. The van der Waals surface area contributed by atoms with Crippen molar-refractivity contribution >= 4 is 23.6 Å². The molecule has 0 saturated carbocycles. The van der Waals surface area contributed by atoms with Crippen molar-refractivity contribution in [1.29, 1.82) is 0 Å². The second kappa shape index (κ2) is 14.0. The minimum Gasteiger partial charge on any atom is -0.357 e. The molecule has 11 heteroatoms. The van der Waals surface area contributed by atoms with Crippen molar-refractivity contribution in [1.82, 2.24) is 20.9 Å². The van der Waals surface area contributed by atoms with E-state index in [1.807, 2.05) is 18.2 Å². The normalized spacial score (nSPS) is 18.0. The first-order chi connectivity index (χ1) is 19.8. The Hall–Kier alpha value is -4.41. The molecule has 4 amide bonds. The van der Waals surface area contributed by atoms with E-state index in [4.69, 9.17) is 0 Å². The summed E-state index contributed by atoms with van der Waals surface area (Å²) < 4.78 is 40.7. The van der Waals surface area contributed by atoms with Gasteiger partial charge in [-0.3, -0.25) is 19.2 Å². The van der Waals surface area contributed by atoms with E-state index in [0.29, 0.717) is 5.57 Å². The third-order valence-corrected chi connectivity index (χ3v) is 7.13. The van der Waals surface area contributed by atoms with Gasteiger partial charge in [-0.05, 0) is 36.6 Å². The zero-order valence-corrected chi connectivity index (χ0v) is 23.5. The minimum atomic E-state index is -4.61. The van der Waals surface area contributed by atoms with Crippen LogP contribution in [-0.2, 0) is 31.8 Å². The first kappa shape index (κ1) is 32.1. The summed E-state index contributed by atoms with van der Waals surface area (Å²) in [6.45, 7) is 8.71. The molecule has 1 fully saturated rings. The predicted molar refractivity (Wildman–Crippen MR) is 152 cm³/mol. The number of likely N-dealkylation sites (N-methyl/N-ethyl adjacent to an activating group) is 1. The van der Waals surface area contributed by atoms with Crippen LogP contribution in [0.15, 0.2) is 79.4 Å². The van der Waals surface area contributed by atoms with Gasteiger partial charge < -0.3 is 20.9 Å². The Balaban J connectivity index is 1.95. The molecule has 2 aromatic rings. The molecule has 42 heavy (non-hydrogen) atoms. The smallest absolute Gasteiger partial charge is 0.357 e. The van der Waals surface area contributed by atoms with Crippen LogP contribution in [0, 0.1) is 5.92 Å². The number of hydrogen-bond acceptors (Lipinski definition) is 4. The van der Waals surface area contributed by atoms with E-state index < -0.39 is 59.3 Å². The van der Waals surface area contributed by atoms with Crippen molar-refractivity contribution in [3.05, 3.63) is 96.1 Å².